The van der Waals surface area contributed by atoms with Crippen molar-refractivity contribution in [1.29, 1.82) is 0 Å². The van der Waals surface area contributed by atoms with Crippen LogP contribution in [0.5, 0.6) is 0 Å². The van der Waals surface area contributed by atoms with Crippen molar-refractivity contribution >= 4 is 35.2 Å². The van der Waals surface area contributed by atoms with Crippen molar-refractivity contribution in [3.05, 3.63) is 60.2 Å². The first-order valence-electron chi connectivity index (χ1n) is 10.5. The quantitative estimate of drug-likeness (QED) is 0.528. The van der Waals surface area contributed by atoms with E-state index in [0.717, 1.165) is 42.0 Å². The topological polar surface area (TPSA) is 66.5 Å². The van der Waals surface area contributed by atoms with E-state index in [4.69, 9.17) is 0 Å². The summed E-state index contributed by atoms with van der Waals surface area (Å²) in [4.78, 5) is 40.0. The first-order valence-corrected chi connectivity index (χ1v) is 11.5. The summed E-state index contributed by atoms with van der Waals surface area (Å²) in [6, 6.07) is 17.9. The molecule has 5 nitrogen and oxygen atoms in total. The Morgan fingerprint density at radius 3 is 2.27 bits per heavy atom. The molecule has 1 heterocycles. The van der Waals surface area contributed by atoms with Crippen LogP contribution in [0.15, 0.2) is 59.5 Å². The monoisotopic (exact) mass is 422 g/mol. The van der Waals surface area contributed by atoms with E-state index in [1.807, 2.05) is 42.5 Å². The zero-order valence-electron chi connectivity index (χ0n) is 16.9. The molecule has 0 unspecified atom stereocenters. The van der Waals surface area contributed by atoms with Gasteiger partial charge in [0, 0.05) is 23.6 Å². The smallest absolute Gasteiger partial charge is 0.233 e. The first-order chi connectivity index (χ1) is 14.6. The van der Waals surface area contributed by atoms with Gasteiger partial charge in [-0.3, -0.25) is 19.3 Å². The van der Waals surface area contributed by atoms with E-state index in [-0.39, 0.29) is 42.5 Å². The Bertz CT molecular complexity index is 907. The molecular weight excluding hydrogens is 396 g/mol. The number of hydrogen-bond donors (Lipinski definition) is 1. The van der Waals surface area contributed by atoms with Crippen molar-refractivity contribution in [2.75, 3.05) is 11.9 Å². The highest BCUT2D eigenvalue weighted by molar-refractivity contribution is 7.98. The highest BCUT2D eigenvalue weighted by Gasteiger charge is 2.47. The first kappa shape index (κ1) is 20.7. The van der Waals surface area contributed by atoms with E-state index in [1.54, 1.807) is 11.8 Å². The van der Waals surface area contributed by atoms with E-state index in [0.29, 0.717) is 0 Å². The molecule has 2 fully saturated rings. The number of amides is 3. The van der Waals surface area contributed by atoms with Crippen LogP contribution >= 0.6 is 11.8 Å². The van der Waals surface area contributed by atoms with Gasteiger partial charge in [0.15, 0.2) is 0 Å². The maximum Gasteiger partial charge on any atom is 0.233 e. The molecule has 6 heteroatoms. The van der Waals surface area contributed by atoms with Gasteiger partial charge in [0.1, 0.15) is 0 Å². The van der Waals surface area contributed by atoms with E-state index in [1.165, 1.54) is 10.5 Å². The summed E-state index contributed by atoms with van der Waals surface area (Å²) in [5.41, 5.74) is 1.98. The molecular formula is C24H26N2O3S. The fourth-order valence-corrected chi connectivity index (χ4v) is 5.27. The zero-order valence-corrected chi connectivity index (χ0v) is 17.7. The number of hydrogen-bond acceptors (Lipinski definition) is 4. The minimum atomic E-state index is -0.182. The molecule has 2 atom stereocenters. The second kappa shape index (κ2) is 9.47. The molecule has 0 aromatic heterocycles. The highest BCUT2D eigenvalue weighted by atomic mass is 32.2. The summed E-state index contributed by atoms with van der Waals surface area (Å²) in [7, 11) is 0. The third-order valence-corrected chi connectivity index (χ3v) is 7.04. The van der Waals surface area contributed by atoms with Gasteiger partial charge in [0.2, 0.25) is 17.7 Å². The third kappa shape index (κ3) is 4.59. The van der Waals surface area contributed by atoms with Gasteiger partial charge in [0.25, 0.3) is 0 Å². The summed E-state index contributed by atoms with van der Waals surface area (Å²) < 4.78 is 0. The lowest BCUT2D eigenvalue weighted by atomic mass is 9.81. The predicted molar refractivity (Wildman–Crippen MR) is 118 cm³/mol. The van der Waals surface area contributed by atoms with Gasteiger partial charge in [-0.1, -0.05) is 55.3 Å². The molecule has 1 saturated carbocycles. The van der Waals surface area contributed by atoms with Crippen molar-refractivity contribution in [2.45, 2.75) is 42.8 Å². The number of carbonyl (C=O) groups excluding carboxylic acids is 3. The van der Waals surface area contributed by atoms with Crippen LogP contribution in [0.4, 0.5) is 5.69 Å². The summed E-state index contributed by atoms with van der Waals surface area (Å²) in [5, 5.41) is 2.95. The average Bonchev–Trinajstić information content (AvgIpc) is 3.02. The van der Waals surface area contributed by atoms with Gasteiger partial charge in [-0.2, -0.15) is 0 Å². The molecule has 156 valence electrons. The lowest BCUT2D eigenvalue weighted by Crippen LogP contribution is -2.34. The normalized spacial score (nSPS) is 20.9. The minimum Gasteiger partial charge on any atom is -0.325 e. The third-order valence-electron chi connectivity index (χ3n) is 5.89. The summed E-state index contributed by atoms with van der Waals surface area (Å²) >= 11 is 1.67. The van der Waals surface area contributed by atoms with Crippen molar-refractivity contribution < 1.29 is 14.4 Å². The van der Waals surface area contributed by atoms with Gasteiger partial charge in [-0.15, -0.1) is 11.8 Å². The van der Waals surface area contributed by atoms with Crippen molar-refractivity contribution in [2.24, 2.45) is 11.8 Å². The molecule has 1 aliphatic heterocycles. The second-order valence-electron chi connectivity index (χ2n) is 7.89. The molecule has 1 N–H and O–H groups in total. The average molecular weight is 423 g/mol. The van der Waals surface area contributed by atoms with Crippen molar-refractivity contribution in [3.63, 3.8) is 0 Å². The zero-order chi connectivity index (χ0) is 20.9. The number of rotatable bonds is 7. The Morgan fingerprint density at radius 1 is 0.933 bits per heavy atom. The Hall–Kier alpha value is -2.60. The number of nitrogens with one attached hydrogen (secondary N) is 1. The van der Waals surface area contributed by atoms with Gasteiger partial charge < -0.3 is 5.32 Å². The van der Waals surface area contributed by atoms with Gasteiger partial charge in [-0.25, -0.2) is 0 Å². The van der Waals surface area contributed by atoms with Crippen LogP contribution < -0.4 is 5.32 Å². The number of imide groups is 1. The molecule has 30 heavy (non-hydrogen) atoms. The number of fused-ring (bicyclic) bond motifs is 1. The Kier molecular flexibility index (Phi) is 6.53. The van der Waals surface area contributed by atoms with Gasteiger partial charge >= 0.3 is 0 Å². The van der Waals surface area contributed by atoms with Crippen LogP contribution in [0.25, 0.3) is 0 Å². The largest absolute Gasteiger partial charge is 0.325 e. The Labute approximate surface area is 181 Å². The molecule has 2 aromatic rings. The SMILES string of the molecule is O=C(CCN1C(=O)[C@H]2CCCC[C@H]2C1=O)Nc1ccccc1SCc1ccccc1. The lowest BCUT2D eigenvalue weighted by molar-refractivity contribution is -0.140. The molecule has 1 saturated heterocycles. The fourth-order valence-electron chi connectivity index (χ4n) is 4.31. The van der Waals surface area contributed by atoms with Crippen LogP contribution in [-0.4, -0.2) is 29.2 Å². The molecule has 4 rings (SSSR count). The number of benzene rings is 2. The fraction of sp³-hybridized carbons (Fsp3) is 0.375. The van der Waals surface area contributed by atoms with E-state index in [2.05, 4.69) is 17.4 Å². The number of anilines is 1. The Balaban J connectivity index is 1.33. The predicted octanol–water partition coefficient (Wildman–Crippen LogP) is 4.48. The molecule has 3 amide bonds. The number of thioether (sulfide) groups is 1. The molecule has 2 aliphatic rings. The number of carbonyl (C=O) groups is 3. The van der Waals surface area contributed by atoms with Gasteiger partial charge in [-0.05, 0) is 30.5 Å². The summed E-state index contributed by atoms with van der Waals surface area (Å²) in [5.74, 6) is 0.132. The van der Waals surface area contributed by atoms with E-state index >= 15 is 0 Å². The van der Waals surface area contributed by atoms with E-state index < -0.39 is 0 Å². The minimum absolute atomic E-state index is 0.0867. The second-order valence-corrected chi connectivity index (χ2v) is 8.91. The highest BCUT2D eigenvalue weighted by Crippen LogP contribution is 2.38. The van der Waals surface area contributed by atoms with Crippen LogP contribution in [0.1, 0.15) is 37.7 Å². The summed E-state index contributed by atoms with van der Waals surface area (Å²) in [6.45, 7) is 0.163. The van der Waals surface area contributed by atoms with Gasteiger partial charge in [0.05, 0.1) is 17.5 Å². The number of para-hydroxylation sites is 1. The number of nitrogens with zero attached hydrogens (tertiary/aromatic N) is 1. The van der Waals surface area contributed by atoms with Crippen LogP contribution in [0.2, 0.25) is 0 Å². The maximum absolute atomic E-state index is 12.6. The molecule has 0 bridgehead atoms. The molecule has 2 aromatic carbocycles. The molecule has 0 spiro atoms. The van der Waals surface area contributed by atoms with Crippen LogP contribution in [-0.2, 0) is 20.1 Å². The maximum atomic E-state index is 12.6. The van der Waals surface area contributed by atoms with Crippen LogP contribution in [0, 0.1) is 11.8 Å². The molecule has 1 aliphatic carbocycles. The van der Waals surface area contributed by atoms with Crippen molar-refractivity contribution in [3.8, 4) is 0 Å². The van der Waals surface area contributed by atoms with E-state index in [9.17, 15) is 14.4 Å². The molecule has 0 radical (unpaired) electrons. The van der Waals surface area contributed by atoms with Crippen LogP contribution in [0.3, 0.4) is 0 Å². The Morgan fingerprint density at radius 2 is 1.57 bits per heavy atom. The lowest BCUT2D eigenvalue weighted by Gasteiger charge is -2.19. The van der Waals surface area contributed by atoms with Crippen molar-refractivity contribution in [1.82, 2.24) is 4.90 Å². The summed E-state index contributed by atoms with van der Waals surface area (Å²) in [6.07, 6.45) is 3.72. The number of likely N-dealkylation sites (tertiary alicyclic amines) is 1. The standard InChI is InChI=1S/C24H26N2O3S/c27-22(14-15-26-23(28)18-10-4-5-11-19(18)24(26)29)25-20-12-6-7-13-21(20)30-16-17-8-2-1-3-9-17/h1-3,6-9,12-13,18-19H,4-5,10-11,14-16H2,(H,25,27)/t18-,19+.